The van der Waals surface area contributed by atoms with E-state index in [2.05, 4.69) is 24.5 Å². The van der Waals surface area contributed by atoms with Crippen molar-refractivity contribution in [3.05, 3.63) is 23.5 Å². The summed E-state index contributed by atoms with van der Waals surface area (Å²) >= 11 is 0. The highest BCUT2D eigenvalue weighted by Gasteiger charge is 2.08. The van der Waals surface area contributed by atoms with E-state index in [1.54, 1.807) is 7.11 Å². The summed E-state index contributed by atoms with van der Waals surface area (Å²) in [6, 6.07) is 4.07. The van der Waals surface area contributed by atoms with Crippen LogP contribution in [0.1, 0.15) is 25.2 Å². The molecule has 0 unspecified atom stereocenters. The third-order valence-electron chi connectivity index (χ3n) is 2.43. The molecule has 0 atom stereocenters. The monoisotopic (exact) mass is 211 g/mol. The Hall–Kier alpha value is -0.800. The highest BCUT2D eigenvalue weighted by atomic mass is 16.5. The molecule has 15 heavy (non-hydrogen) atoms. The van der Waals surface area contributed by atoms with Gasteiger partial charge in [0.1, 0.15) is 0 Å². The largest absolute Gasteiger partial charge is 0.390 e. The highest BCUT2D eigenvalue weighted by Crippen LogP contribution is 2.13. The van der Waals surface area contributed by atoms with Crippen LogP contribution in [0.3, 0.4) is 0 Å². The summed E-state index contributed by atoms with van der Waals surface area (Å²) in [5.74, 6) is 0.587. The van der Waals surface area contributed by atoms with Gasteiger partial charge in [0.15, 0.2) is 0 Å². The SMILES string of the molecule is COCCc1ccc(CO)n1CC(C)C. The number of hydrogen-bond acceptors (Lipinski definition) is 2. The predicted molar refractivity (Wildman–Crippen MR) is 60.8 cm³/mol. The summed E-state index contributed by atoms with van der Waals surface area (Å²) in [5.41, 5.74) is 2.24. The standard InChI is InChI=1S/C12H21NO2/c1-10(2)8-13-11(6-7-15-3)4-5-12(13)9-14/h4-5,10,14H,6-9H2,1-3H3. The normalized spacial score (nSPS) is 11.3. The van der Waals surface area contributed by atoms with Gasteiger partial charge in [0.2, 0.25) is 0 Å². The lowest BCUT2D eigenvalue weighted by atomic mass is 10.2. The summed E-state index contributed by atoms with van der Waals surface area (Å²) in [7, 11) is 1.71. The zero-order valence-corrected chi connectivity index (χ0v) is 9.86. The minimum absolute atomic E-state index is 0.111. The number of nitrogens with zero attached hydrogens (tertiary/aromatic N) is 1. The van der Waals surface area contributed by atoms with Gasteiger partial charge in [-0.2, -0.15) is 0 Å². The van der Waals surface area contributed by atoms with Crippen molar-refractivity contribution < 1.29 is 9.84 Å². The smallest absolute Gasteiger partial charge is 0.0832 e. The number of hydrogen-bond donors (Lipinski definition) is 1. The molecule has 0 saturated heterocycles. The first-order chi connectivity index (χ1) is 7.19. The number of aliphatic hydroxyl groups excluding tert-OH is 1. The molecule has 0 aliphatic carbocycles. The topological polar surface area (TPSA) is 34.4 Å². The highest BCUT2D eigenvalue weighted by molar-refractivity contribution is 5.16. The first-order valence-corrected chi connectivity index (χ1v) is 5.46. The molecule has 3 heteroatoms. The molecule has 1 aromatic heterocycles. The van der Waals surface area contributed by atoms with E-state index in [9.17, 15) is 5.11 Å². The first-order valence-electron chi connectivity index (χ1n) is 5.46. The lowest BCUT2D eigenvalue weighted by molar-refractivity contribution is 0.199. The van der Waals surface area contributed by atoms with Gasteiger partial charge < -0.3 is 14.4 Å². The van der Waals surface area contributed by atoms with E-state index in [-0.39, 0.29) is 6.61 Å². The third-order valence-corrected chi connectivity index (χ3v) is 2.43. The van der Waals surface area contributed by atoms with Gasteiger partial charge in [-0.05, 0) is 18.1 Å². The molecule has 86 valence electrons. The molecule has 0 aromatic carbocycles. The molecule has 1 rings (SSSR count). The van der Waals surface area contributed by atoms with Crippen molar-refractivity contribution in [3.63, 3.8) is 0 Å². The fourth-order valence-electron chi connectivity index (χ4n) is 1.72. The Morgan fingerprint density at radius 3 is 2.53 bits per heavy atom. The molecule has 0 saturated carbocycles. The molecular formula is C12H21NO2. The van der Waals surface area contributed by atoms with E-state index < -0.39 is 0 Å². The zero-order chi connectivity index (χ0) is 11.3. The Morgan fingerprint density at radius 2 is 2.00 bits per heavy atom. The summed E-state index contributed by atoms with van der Waals surface area (Å²) < 4.78 is 7.27. The van der Waals surface area contributed by atoms with E-state index in [0.717, 1.165) is 25.3 Å². The summed E-state index contributed by atoms with van der Waals surface area (Å²) in [5, 5.41) is 9.22. The maximum absolute atomic E-state index is 9.22. The molecule has 0 spiro atoms. The minimum atomic E-state index is 0.111. The minimum Gasteiger partial charge on any atom is -0.390 e. The Bertz CT molecular complexity index is 292. The second-order valence-corrected chi connectivity index (χ2v) is 4.22. The van der Waals surface area contributed by atoms with Gasteiger partial charge in [0.05, 0.1) is 13.2 Å². The maximum Gasteiger partial charge on any atom is 0.0832 e. The van der Waals surface area contributed by atoms with E-state index in [4.69, 9.17) is 4.74 Å². The van der Waals surface area contributed by atoms with Gasteiger partial charge in [0.25, 0.3) is 0 Å². The van der Waals surface area contributed by atoms with Crippen molar-refractivity contribution in [2.24, 2.45) is 5.92 Å². The van der Waals surface area contributed by atoms with Gasteiger partial charge in [-0.15, -0.1) is 0 Å². The summed E-state index contributed by atoms with van der Waals surface area (Å²) in [4.78, 5) is 0. The molecule has 0 bridgehead atoms. The van der Waals surface area contributed by atoms with E-state index >= 15 is 0 Å². The van der Waals surface area contributed by atoms with E-state index in [0.29, 0.717) is 5.92 Å². The van der Waals surface area contributed by atoms with Crippen molar-refractivity contribution in [1.82, 2.24) is 4.57 Å². The molecular weight excluding hydrogens is 190 g/mol. The number of rotatable bonds is 6. The number of aromatic nitrogens is 1. The van der Waals surface area contributed by atoms with Crippen LogP contribution in [0, 0.1) is 5.92 Å². The molecule has 0 aliphatic heterocycles. The second kappa shape index (κ2) is 5.93. The molecule has 1 aromatic rings. The van der Waals surface area contributed by atoms with Crippen molar-refractivity contribution >= 4 is 0 Å². The molecule has 0 radical (unpaired) electrons. The van der Waals surface area contributed by atoms with Crippen LogP contribution in [0.2, 0.25) is 0 Å². The molecule has 0 fully saturated rings. The predicted octanol–water partition coefficient (Wildman–Crippen LogP) is 1.83. The van der Waals surface area contributed by atoms with Crippen LogP contribution in [-0.2, 0) is 24.3 Å². The van der Waals surface area contributed by atoms with Gasteiger partial charge >= 0.3 is 0 Å². The van der Waals surface area contributed by atoms with Crippen molar-refractivity contribution in [3.8, 4) is 0 Å². The lowest BCUT2D eigenvalue weighted by Gasteiger charge is -2.14. The van der Waals surface area contributed by atoms with Crippen LogP contribution in [0.15, 0.2) is 12.1 Å². The third kappa shape index (κ3) is 3.36. The van der Waals surface area contributed by atoms with Crippen molar-refractivity contribution in [1.29, 1.82) is 0 Å². The van der Waals surface area contributed by atoms with Gasteiger partial charge in [-0.1, -0.05) is 13.8 Å². The van der Waals surface area contributed by atoms with Crippen molar-refractivity contribution in [2.45, 2.75) is 33.4 Å². The average Bonchev–Trinajstić information content (AvgIpc) is 2.57. The van der Waals surface area contributed by atoms with Gasteiger partial charge in [0, 0.05) is 31.5 Å². The number of methoxy groups -OCH3 is 1. The quantitative estimate of drug-likeness (QED) is 0.779. The maximum atomic E-state index is 9.22. The first kappa shape index (κ1) is 12.3. The van der Waals surface area contributed by atoms with Crippen LogP contribution in [0.5, 0.6) is 0 Å². The fraction of sp³-hybridized carbons (Fsp3) is 0.667. The van der Waals surface area contributed by atoms with Crippen LogP contribution >= 0.6 is 0 Å². The Balaban J connectivity index is 2.80. The van der Waals surface area contributed by atoms with Crippen LogP contribution in [-0.4, -0.2) is 23.4 Å². The fourth-order valence-corrected chi connectivity index (χ4v) is 1.72. The Labute approximate surface area is 91.7 Å². The zero-order valence-electron chi connectivity index (χ0n) is 9.86. The Morgan fingerprint density at radius 1 is 1.33 bits per heavy atom. The second-order valence-electron chi connectivity index (χ2n) is 4.22. The molecule has 0 aliphatic rings. The molecule has 1 heterocycles. The van der Waals surface area contributed by atoms with Crippen LogP contribution in [0.4, 0.5) is 0 Å². The summed E-state index contributed by atoms with van der Waals surface area (Å²) in [6.45, 7) is 6.16. The lowest BCUT2D eigenvalue weighted by Crippen LogP contribution is -2.12. The van der Waals surface area contributed by atoms with Crippen LogP contribution < -0.4 is 0 Å². The van der Waals surface area contributed by atoms with Crippen LogP contribution in [0.25, 0.3) is 0 Å². The van der Waals surface area contributed by atoms with Crippen molar-refractivity contribution in [2.75, 3.05) is 13.7 Å². The summed E-state index contributed by atoms with van der Waals surface area (Å²) in [6.07, 6.45) is 0.906. The molecule has 0 amide bonds. The van der Waals surface area contributed by atoms with E-state index in [1.807, 2.05) is 6.07 Å². The van der Waals surface area contributed by atoms with E-state index in [1.165, 1.54) is 5.69 Å². The van der Waals surface area contributed by atoms with Gasteiger partial charge in [-0.25, -0.2) is 0 Å². The number of aliphatic hydroxyl groups is 1. The number of ether oxygens (including phenoxy) is 1. The van der Waals surface area contributed by atoms with Gasteiger partial charge in [-0.3, -0.25) is 0 Å². The average molecular weight is 211 g/mol. The Kier molecular flexibility index (Phi) is 4.85. The molecule has 3 nitrogen and oxygen atoms in total. The molecule has 1 N–H and O–H groups in total.